The molecule has 1 aliphatic rings. The maximum Gasteiger partial charge on any atom is 0.269 e. The molecule has 132 valence electrons. The Hall–Kier alpha value is -3.28. The zero-order valence-electron chi connectivity index (χ0n) is 14.6. The zero-order chi connectivity index (χ0) is 18.7. The molecule has 0 aliphatic carbocycles. The van der Waals surface area contributed by atoms with Gasteiger partial charge in [-0.05, 0) is 25.0 Å². The van der Waals surface area contributed by atoms with Gasteiger partial charge in [-0.1, -0.05) is 42.5 Å². The molecule has 2 aromatic carbocycles. The molecule has 0 amide bonds. The van der Waals surface area contributed by atoms with Gasteiger partial charge in [-0.25, -0.2) is 0 Å². The minimum absolute atomic E-state index is 0.0452. The summed E-state index contributed by atoms with van der Waals surface area (Å²) in [4.78, 5) is 22.2. The van der Waals surface area contributed by atoms with Gasteiger partial charge in [0.15, 0.2) is 5.78 Å². The molecule has 0 radical (unpaired) electrons. The predicted molar refractivity (Wildman–Crippen MR) is 99.7 cm³/mol. The Morgan fingerprint density at radius 2 is 1.92 bits per heavy atom. The first kappa shape index (κ1) is 17.5. The third kappa shape index (κ3) is 3.69. The fourth-order valence-corrected chi connectivity index (χ4v) is 3.11. The molecule has 2 aromatic rings. The van der Waals surface area contributed by atoms with Crippen molar-refractivity contribution >= 4 is 17.2 Å². The van der Waals surface area contributed by atoms with E-state index in [9.17, 15) is 14.9 Å². The molecule has 1 aliphatic heterocycles. The van der Waals surface area contributed by atoms with Gasteiger partial charge in [0, 0.05) is 30.3 Å². The van der Waals surface area contributed by atoms with Crippen LogP contribution in [0.25, 0.3) is 0 Å². The quantitative estimate of drug-likeness (QED) is 0.460. The number of carbonyl (C=O) groups is 1. The zero-order valence-corrected chi connectivity index (χ0v) is 14.6. The van der Waals surface area contributed by atoms with E-state index < -0.39 is 4.92 Å². The second kappa shape index (κ2) is 7.31. The monoisotopic (exact) mass is 349 g/mol. The lowest BCUT2D eigenvalue weighted by atomic mass is 9.98. The summed E-state index contributed by atoms with van der Waals surface area (Å²) < 4.78 is 0. The molecule has 0 aromatic heterocycles. The van der Waals surface area contributed by atoms with Crippen LogP contribution in [0, 0.1) is 10.1 Å². The number of non-ortho nitro benzene ring substituents is 1. The molecule has 1 atom stereocenters. The van der Waals surface area contributed by atoms with Crippen molar-refractivity contribution in [1.29, 1.82) is 0 Å². The smallest absolute Gasteiger partial charge is 0.269 e. The minimum atomic E-state index is -0.403. The molecule has 6 heteroatoms. The average molecular weight is 349 g/mol. The van der Waals surface area contributed by atoms with Crippen LogP contribution >= 0.6 is 0 Å². The molecule has 0 spiro atoms. The van der Waals surface area contributed by atoms with Crippen molar-refractivity contribution in [2.75, 3.05) is 0 Å². The Morgan fingerprint density at radius 1 is 1.19 bits per heavy atom. The van der Waals surface area contributed by atoms with Crippen LogP contribution < -0.4 is 0 Å². The second-order valence-corrected chi connectivity index (χ2v) is 6.23. The van der Waals surface area contributed by atoms with Crippen LogP contribution in [0.4, 0.5) is 5.69 Å². The van der Waals surface area contributed by atoms with Crippen LogP contribution in [0.1, 0.15) is 37.4 Å². The van der Waals surface area contributed by atoms with Gasteiger partial charge in [0.25, 0.3) is 5.69 Å². The fourth-order valence-electron chi connectivity index (χ4n) is 3.11. The summed E-state index contributed by atoms with van der Waals surface area (Å²) in [6, 6.07) is 16.2. The van der Waals surface area contributed by atoms with Gasteiger partial charge in [-0.15, -0.1) is 0 Å². The van der Waals surface area contributed by atoms with Crippen LogP contribution in [-0.4, -0.2) is 21.4 Å². The highest BCUT2D eigenvalue weighted by molar-refractivity contribution is 6.02. The summed E-state index contributed by atoms with van der Waals surface area (Å²) in [5, 5.41) is 17.6. The minimum Gasteiger partial charge on any atom is -0.295 e. The predicted octanol–water partition coefficient (Wildman–Crippen LogP) is 4.24. The number of carbonyl (C=O) groups excluding carboxylic acids is 1. The number of ketones is 1. The molecule has 1 unspecified atom stereocenters. The summed E-state index contributed by atoms with van der Waals surface area (Å²) in [6.07, 6.45) is 2.13. The Bertz CT molecular complexity index is 904. The van der Waals surface area contributed by atoms with Crippen LogP contribution in [0.2, 0.25) is 0 Å². The Labute approximate surface area is 151 Å². The molecule has 0 saturated heterocycles. The maximum atomic E-state index is 11.5. The van der Waals surface area contributed by atoms with Crippen LogP contribution in [0.3, 0.4) is 0 Å². The molecule has 0 saturated carbocycles. The number of nitro benzene ring substituents is 1. The van der Waals surface area contributed by atoms with Crippen molar-refractivity contribution in [2.24, 2.45) is 5.10 Å². The first-order valence-corrected chi connectivity index (χ1v) is 8.31. The topological polar surface area (TPSA) is 75.8 Å². The number of rotatable bonds is 5. The molecular formula is C20H19N3O3. The molecule has 3 rings (SSSR count). The summed E-state index contributed by atoms with van der Waals surface area (Å²) >= 11 is 0. The van der Waals surface area contributed by atoms with E-state index in [0.29, 0.717) is 12.1 Å². The summed E-state index contributed by atoms with van der Waals surface area (Å²) in [5.41, 5.74) is 3.44. The number of nitro groups is 1. The number of benzene rings is 2. The molecule has 0 bridgehead atoms. The Balaban J connectivity index is 2.02. The van der Waals surface area contributed by atoms with Gasteiger partial charge in [-0.3, -0.25) is 19.9 Å². The lowest BCUT2D eigenvalue weighted by Gasteiger charge is -2.24. The number of hydrogen-bond donors (Lipinski definition) is 0. The van der Waals surface area contributed by atoms with Crippen molar-refractivity contribution in [1.82, 2.24) is 5.01 Å². The van der Waals surface area contributed by atoms with Crippen molar-refractivity contribution < 1.29 is 9.72 Å². The van der Waals surface area contributed by atoms with Gasteiger partial charge in [-0.2, -0.15) is 5.10 Å². The molecule has 0 N–H and O–H groups in total. The Morgan fingerprint density at radius 3 is 2.58 bits per heavy atom. The van der Waals surface area contributed by atoms with Crippen molar-refractivity contribution in [3.05, 3.63) is 87.6 Å². The maximum absolute atomic E-state index is 11.5. The second-order valence-electron chi connectivity index (χ2n) is 6.23. The van der Waals surface area contributed by atoms with Gasteiger partial charge >= 0.3 is 0 Å². The summed E-state index contributed by atoms with van der Waals surface area (Å²) in [6.45, 7) is 3.31. The van der Waals surface area contributed by atoms with Gasteiger partial charge in [0.1, 0.15) is 0 Å². The highest BCUT2D eigenvalue weighted by Crippen LogP contribution is 2.36. The third-order valence-electron chi connectivity index (χ3n) is 4.26. The van der Waals surface area contributed by atoms with E-state index in [2.05, 4.69) is 0 Å². The standard InChI is InChI=1S/C20H19N3O3/c1-14(11-15(2)24)22-20(17-9-6-10-18(12-17)23(25)26)13-19(21-22)16-7-4-3-5-8-16/h3-12,20H,13H2,1-2H3. The summed E-state index contributed by atoms with van der Waals surface area (Å²) in [5.74, 6) is -0.0661. The van der Waals surface area contributed by atoms with Crippen molar-refractivity contribution in [2.45, 2.75) is 26.3 Å². The molecule has 1 heterocycles. The van der Waals surface area contributed by atoms with Crippen molar-refractivity contribution in [3.8, 4) is 0 Å². The van der Waals surface area contributed by atoms with Crippen LogP contribution in [-0.2, 0) is 4.79 Å². The van der Waals surface area contributed by atoms with E-state index in [1.807, 2.05) is 43.3 Å². The average Bonchev–Trinajstić information content (AvgIpc) is 3.07. The Kier molecular flexibility index (Phi) is 4.93. The molecule has 6 nitrogen and oxygen atoms in total. The summed E-state index contributed by atoms with van der Waals surface area (Å²) in [7, 11) is 0. The van der Waals surface area contributed by atoms with Crippen LogP contribution in [0.5, 0.6) is 0 Å². The lowest BCUT2D eigenvalue weighted by Crippen LogP contribution is -2.18. The van der Waals surface area contributed by atoms with E-state index in [1.165, 1.54) is 19.1 Å². The fraction of sp³-hybridized carbons (Fsp3) is 0.200. The number of hydrazone groups is 1. The van der Waals surface area contributed by atoms with Crippen LogP contribution in [0.15, 0.2) is 71.5 Å². The van der Waals surface area contributed by atoms with E-state index in [1.54, 1.807) is 17.1 Å². The highest BCUT2D eigenvalue weighted by atomic mass is 16.6. The third-order valence-corrected chi connectivity index (χ3v) is 4.26. The van der Waals surface area contributed by atoms with E-state index in [-0.39, 0.29) is 17.5 Å². The van der Waals surface area contributed by atoms with E-state index >= 15 is 0 Å². The SMILES string of the molecule is CC(=O)C=C(C)N1N=C(c2ccccc2)CC1c1cccc([N+](=O)[O-])c1. The van der Waals surface area contributed by atoms with E-state index in [4.69, 9.17) is 5.10 Å². The largest absolute Gasteiger partial charge is 0.295 e. The van der Waals surface area contributed by atoms with E-state index in [0.717, 1.165) is 16.8 Å². The first-order chi connectivity index (χ1) is 12.5. The van der Waals surface area contributed by atoms with Gasteiger partial charge in [0.2, 0.25) is 0 Å². The number of hydrogen-bond acceptors (Lipinski definition) is 5. The molecule has 26 heavy (non-hydrogen) atoms. The first-order valence-electron chi connectivity index (χ1n) is 8.31. The van der Waals surface area contributed by atoms with Gasteiger partial charge < -0.3 is 0 Å². The lowest BCUT2D eigenvalue weighted by molar-refractivity contribution is -0.384. The molecule has 0 fully saturated rings. The number of allylic oxidation sites excluding steroid dienone is 2. The normalized spacial score (nSPS) is 17.2. The van der Waals surface area contributed by atoms with Gasteiger partial charge in [0.05, 0.1) is 16.7 Å². The highest BCUT2D eigenvalue weighted by Gasteiger charge is 2.30. The van der Waals surface area contributed by atoms with Crippen molar-refractivity contribution in [3.63, 3.8) is 0 Å². The molecular weight excluding hydrogens is 330 g/mol. The number of nitrogens with zero attached hydrogens (tertiary/aromatic N) is 3.